The lowest BCUT2D eigenvalue weighted by Crippen LogP contribution is -1.75. The van der Waals surface area contributed by atoms with Crippen LogP contribution in [-0.2, 0) is 0 Å². The molecule has 0 atom stereocenters. The molecule has 10 heavy (non-hydrogen) atoms. The van der Waals surface area contributed by atoms with E-state index >= 15 is 0 Å². The van der Waals surface area contributed by atoms with Crippen molar-refractivity contribution in [1.29, 1.82) is 5.26 Å². The Balaban J connectivity index is 3.32. The first-order chi connectivity index (χ1) is 4.81. The number of allylic oxidation sites excluding steroid dienone is 2. The van der Waals surface area contributed by atoms with Gasteiger partial charge in [0.25, 0.3) is 0 Å². The van der Waals surface area contributed by atoms with Crippen LogP contribution in [0.4, 0.5) is 0 Å². The average Bonchev–Trinajstić information content (AvgIpc) is 1.89. The van der Waals surface area contributed by atoms with E-state index in [1.165, 1.54) is 18.9 Å². The van der Waals surface area contributed by atoms with Crippen LogP contribution in [0.2, 0.25) is 0 Å². The highest BCUT2D eigenvalue weighted by Gasteiger charge is 1.90. The maximum atomic E-state index is 8.18. The van der Waals surface area contributed by atoms with E-state index < -0.39 is 0 Å². The Kier molecular flexibility index (Phi) is 6.32. The first-order valence-electron chi connectivity index (χ1n) is 3.55. The van der Waals surface area contributed by atoms with Crippen molar-refractivity contribution in [2.24, 2.45) is 0 Å². The molecule has 0 spiro atoms. The highest BCUT2D eigenvalue weighted by Crippen LogP contribution is 2.11. The molecule has 56 valence electrons. The molecule has 0 aliphatic carbocycles. The summed E-state index contributed by atoms with van der Waals surface area (Å²) in [5, 5.41) is 8.86. The van der Waals surface area contributed by atoms with Gasteiger partial charge in [-0.25, -0.2) is 0 Å². The topological polar surface area (TPSA) is 23.8 Å². The molecule has 0 heterocycles. The Labute approximate surface area is 67.3 Å². The van der Waals surface area contributed by atoms with Gasteiger partial charge in [0.2, 0.25) is 0 Å². The van der Waals surface area contributed by atoms with Gasteiger partial charge in [0.05, 0.1) is 6.07 Å². The SMILES string of the molecule is CCCCC/C(Cl)=C/C#N. The van der Waals surface area contributed by atoms with Crippen molar-refractivity contribution in [3.05, 3.63) is 11.1 Å². The Morgan fingerprint density at radius 2 is 2.30 bits per heavy atom. The molecule has 0 fully saturated rings. The predicted octanol–water partition coefficient (Wildman–Crippen LogP) is 3.21. The minimum atomic E-state index is 0.677. The molecule has 0 bridgehead atoms. The number of hydrogen-bond acceptors (Lipinski definition) is 1. The third-order valence-electron chi connectivity index (χ3n) is 1.24. The number of nitriles is 1. The van der Waals surface area contributed by atoms with Crippen LogP contribution in [0.15, 0.2) is 11.1 Å². The molecule has 0 amide bonds. The zero-order chi connectivity index (χ0) is 7.82. The summed E-state index contributed by atoms with van der Waals surface area (Å²) in [6.45, 7) is 2.14. The Morgan fingerprint density at radius 3 is 2.80 bits per heavy atom. The van der Waals surface area contributed by atoms with Crippen LogP contribution in [0.3, 0.4) is 0 Å². The zero-order valence-electron chi connectivity index (χ0n) is 6.23. The standard InChI is InChI=1S/C8H12ClN/c1-2-3-4-5-8(9)6-7-10/h6H,2-5H2,1H3/b8-6-. The molecule has 0 aliphatic rings. The number of rotatable bonds is 4. The lowest BCUT2D eigenvalue weighted by molar-refractivity contribution is 0.725. The van der Waals surface area contributed by atoms with Crippen molar-refractivity contribution in [1.82, 2.24) is 0 Å². The van der Waals surface area contributed by atoms with E-state index in [0.29, 0.717) is 5.03 Å². The fourth-order valence-electron chi connectivity index (χ4n) is 0.686. The highest BCUT2D eigenvalue weighted by molar-refractivity contribution is 6.29. The largest absolute Gasteiger partial charge is 0.193 e. The van der Waals surface area contributed by atoms with Crippen molar-refractivity contribution in [3.8, 4) is 6.07 Å². The molecule has 2 heteroatoms. The summed E-state index contributed by atoms with van der Waals surface area (Å²) in [6, 6.07) is 1.90. The highest BCUT2D eigenvalue weighted by atomic mass is 35.5. The Morgan fingerprint density at radius 1 is 1.60 bits per heavy atom. The Hall–Kier alpha value is -0.480. The Bertz CT molecular complexity index is 144. The van der Waals surface area contributed by atoms with Gasteiger partial charge < -0.3 is 0 Å². The van der Waals surface area contributed by atoms with Gasteiger partial charge in [-0.2, -0.15) is 5.26 Å². The summed E-state index contributed by atoms with van der Waals surface area (Å²) < 4.78 is 0. The first kappa shape index (κ1) is 9.52. The summed E-state index contributed by atoms with van der Waals surface area (Å²) in [4.78, 5) is 0. The summed E-state index contributed by atoms with van der Waals surface area (Å²) >= 11 is 5.66. The van der Waals surface area contributed by atoms with Gasteiger partial charge in [0, 0.05) is 11.1 Å². The van der Waals surface area contributed by atoms with Crippen molar-refractivity contribution >= 4 is 11.6 Å². The molecule has 0 N–H and O–H groups in total. The zero-order valence-corrected chi connectivity index (χ0v) is 6.99. The fraction of sp³-hybridized carbons (Fsp3) is 0.625. The molecule has 0 aromatic rings. The molecule has 0 rings (SSSR count). The molecular weight excluding hydrogens is 146 g/mol. The van der Waals surface area contributed by atoms with Crippen LogP contribution >= 0.6 is 11.6 Å². The van der Waals surface area contributed by atoms with E-state index in [1.54, 1.807) is 0 Å². The summed E-state index contributed by atoms with van der Waals surface area (Å²) in [7, 11) is 0. The molecule has 0 aromatic heterocycles. The van der Waals surface area contributed by atoms with Crippen LogP contribution in [0.25, 0.3) is 0 Å². The maximum Gasteiger partial charge on any atom is 0.0924 e. The average molecular weight is 158 g/mol. The number of halogens is 1. The van der Waals surface area contributed by atoms with Crippen molar-refractivity contribution in [3.63, 3.8) is 0 Å². The second-order valence-electron chi connectivity index (χ2n) is 2.18. The molecule has 0 aliphatic heterocycles. The lowest BCUT2D eigenvalue weighted by Gasteiger charge is -1.94. The third-order valence-corrected chi connectivity index (χ3v) is 1.54. The smallest absolute Gasteiger partial charge is 0.0924 e. The number of unbranched alkanes of at least 4 members (excludes halogenated alkanes) is 2. The summed E-state index contributed by atoms with van der Waals surface area (Å²) in [5.74, 6) is 0. The van der Waals surface area contributed by atoms with Gasteiger partial charge in [0.1, 0.15) is 0 Å². The minimum absolute atomic E-state index is 0.677. The van der Waals surface area contributed by atoms with Gasteiger partial charge >= 0.3 is 0 Å². The molecule has 0 saturated carbocycles. The van der Waals surface area contributed by atoms with Crippen molar-refractivity contribution in [2.75, 3.05) is 0 Å². The van der Waals surface area contributed by atoms with Crippen LogP contribution in [0.1, 0.15) is 32.6 Å². The molecule has 0 aromatic carbocycles. The molecular formula is C8H12ClN. The van der Waals surface area contributed by atoms with Gasteiger partial charge in [-0.15, -0.1) is 0 Å². The van der Waals surface area contributed by atoms with E-state index in [2.05, 4.69) is 6.92 Å². The van der Waals surface area contributed by atoms with Gasteiger partial charge in [-0.1, -0.05) is 31.4 Å². The lowest BCUT2D eigenvalue weighted by atomic mass is 10.2. The first-order valence-corrected chi connectivity index (χ1v) is 3.93. The maximum absolute atomic E-state index is 8.18. The molecule has 0 saturated heterocycles. The third kappa shape index (κ3) is 5.65. The second kappa shape index (κ2) is 6.64. The number of nitrogens with zero attached hydrogens (tertiary/aromatic N) is 1. The quantitative estimate of drug-likeness (QED) is 0.454. The van der Waals surface area contributed by atoms with Crippen LogP contribution in [0.5, 0.6) is 0 Å². The van der Waals surface area contributed by atoms with Gasteiger partial charge in [0.15, 0.2) is 0 Å². The molecule has 1 nitrogen and oxygen atoms in total. The van der Waals surface area contributed by atoms with Crippen molar-refractivity contribution in [2.45, 2.75) is 32.6 Å². The molecule has 0 unspecified atom stereocenters. The van der Waals surface area contributed by atoms with Crippen LogP contribution < -0.4 is 0 Å². The van der Waals surface area contributed by atoms with E-state index in [0.717, 1.165) is 12.8 Å². The monoisotopic (exact) mass is 157 g/mol. The second-order valence-corrected chi connectivity index (χ2v) is 2.66. The van der Waals surface area contributed by atoms with Crippen LogP contribution in [0, 0.1) is 11.3 Å². The summed E-state index contributed by atoms with van der Waals surface area (Å²) in [6.07, 6.45) is 5.72. The number of hydrogen-bond donors (Lipinski definition) is 0. The van der Waals surface area contributed by atoms with E-state index in [-0.39, 0.29) is 0 Å². The van der Waals surface area contributed by atoms with E-state index in [9.17, 15) is 0 Å². The fourth-order valence-corrected chi connectivity index (χ4v) is 0.869. The van der Waals surface area contributed by atoms with E-state index in [4.69, 9.17) is 16.9 Å². The minimum Gasteiger partial charge on any atom is -0.193 e. The predicted molar refractivity (Wildman–Crippen MR) is 43.7 cm³/mol. The molecule has 0 radical (unpaired) electrons. The van der Waals surface area contributed by atoms with Crippen molar-refractivity contribution < 1.29 is 0 Å². The van der Waals surface area contributed by atoms with E-state index in [1.807, 2.05) is 6.07 Å². The van der Waals surface area contributed by atoms with Gasteiger partial charge in [-0.3, -0.25) is 0 Å². The van der Waals surface area contributed by atoms with Crippen LogP contribution in [-0.4, -0.2) is 0 Å². The summed E-state index contributed by atoms with van der Waals surface area (Å²) in [5.41, 5.74) is 0. The normalized spacial score (nSPS) is 11.1. The van der Waals surface area contributed by atoms with Gasteiger partial charge in [-0.05, 0) is 12.8 Å².